The predicted octanol–water partition coefficient (Wildman–Crippen LogP) is 2.36. The van der Waals surface area contributed by atoms with Crippen LogP contribution >= 0.6 is 11.6 Å². The van der Waals surface area contributed by atoms with Gasteiger partial charge in [-0.3, -0.25) is 4.79 Å². The highest BCUT2D eigenvalue weighted by molar-refractivity contribution is 6.31. The number of piperazine rings is 1. The van der Waals surface area contributed by atoms with Gasteiger partial charge in [-0.15, -0.1) is 0 Å². The molecular weight excluding hydrogens is 236 g/mol. The quantitative estimate of drug-likeness (QED) is 0.832. The number of benzene rings is 1. The zero-order chi connectivity index (χ0) is 12.6. The predicted molar refractivity (Wildman–Crippen MR) is 70.6 cm³/mol. The molecule has 1 heterocycles. The van der Waals surface area contributed by atoms with Crippen molar-refractivity contribution >= 4 is 23.2 Å². The molecule has 0 unspecified atom stereocenters. The summed E-state index contributed by atoms with van der Waals surface area (Å²) in [5, 5.41) is 3.63. The molecule has 0 bridgehead atoms. The van der Waals surface area contributed by atoms with Crippen molar-refractivity contribution in [1.29, 1.82) is 0 Å². The Kier molecular flexibility index (Phi) is 3.04. The lowest BCUT2D eigenvalue weighted by atomic mass is 9.97. The molecule has 2 rings (SSSR count). The first-order valence-electron chi connectivity index (χ1n) is 5.75. The lowest BCUT2D eigenvalue weighted by molar-refractivity contribution is -0.126. The Balaban J connectivity index is 2.45. The third-order valence-corrected chi connectivity index (χ3v) is 3.79. The second-order valence-corrected chi connectivity index (χ2v) is 5.26. The van der Waals surface area contributed by atoms with E-state index < -0.39 is 5.54 Å². The summed E-state index contributed by atoms with van der Waals surface area (Å²) in [6.45, 7) is 7.33. The molecule has 4 heteroatoms. The minimum Gasteiger partial charge on any atom is -0.355 e. The van der Waals surface area contributed by atoms with Crippen LogP contribution < -0.4 is 10.2 Å². The van der Waals surface area contributed by atoms with E-state index in [1.807, 2.05) is 39.0 Å². The van der Waals surface area contributed by atoms with Gasteiger partial charge in [-0.05, 0) is 38.5 Å². The van der Waals surface area contributed by atoms with Crippen LogP contribution in [0.5, 0.6) is 0 Å². The fourth-order valence-corrected chi connectivity index (χ4v) is 2.38. The van der Waals surface area contributed by atoms with Crippen molar-refractivity contribution in [2.45, 2.75) is 26.3 Å². The van der Waals surface area contributed by atoms with Gasteiger partial charge in [-0.1, -0.05) is 17.7 Å². The molecule has 1 amide bonds. The molecule has 1 aromatic rings. The number of hydrogen-bond donors (Lipinski definition) is 1. The van der Waals surface area contributed by atoms with Gasteiger partial charge in [0.05, 0.1) is 0 Å². The van der Waals surface area contributed by atoms with Crippen molar-refractivity contribution in [3.8, 4) is 0 Å². The summed E-state index contributed by atoms with van der Waals surface area (Å²) in [6.07, 6.45) is 0. The summed E-state index contributed by atoms with van der Waals surface area (Å²) in [4.78, 5) is 14.0. The van der Waals surface area contributed by atoms with E-state index in [9.17, 15) is 4.79 Å². The van der Waals surface area contributed by atoms with E-state index >= 15 is 0 Å². The molecule has 0 aliphatic carbocycles. The second-order valence-electron chi connectivity index (χ2n) is 4.85. The lowest BCUT2D eigenvalue weighted by Crippen LogP contribution is -2.62. The molecule has 0 atom stereocenters. The molecule has 0 spiro atoms. The van der Waals surface area contributed by atoms with Crippen LogP contribution in [0.2, 0.25) is 5.02 Å². The SMILES string of the molecule is Cc1c(Cl)cccc1N1CCNC(=O)C1(C)C. The van der Waals surface area contributed by atoms with Crippen LogP contribution in [-0.4, -0.2) is 24.5 Å². The van der Waals surface area contributed by atoms with Gasteiger partial charge in [0.2, 0.25) is 5.91 Å². The van der Waals surface area contributed by atoms with Crippen LogP contribution in [-0.2, 0) is 4.79 Å². The molecule has 1 aliphatic rings. The van der Waals surface area contributed by atoms with E-state index in [-0.39, 0.29) is 5.91 Å². The average molecular weight is 253 g/mol. The van der Waals surface area contributed by atoms with Gasteiger partial charge in [-0.2, -0.15) is 0 Å². The number of hydrogen-bond acceptors (Lipinski definition) is 2. The van der Waals surface area contributed by atoms with E-state index in [4.69, 9.17) is 11.6 Å². The average Bonchev–Trinajstić information content (AvgIpc) is 2.27. The Morgan fingerprint density at radius 1 is 1.41 bits per heavy atom. The smallest absolute Gasteiger partial charge is 0.245 e. The Labute approximate surface area is 107 Å². The Morgan fingerprint density at radius 2 is 2.12 bits per heavy atom. The van der Waals surface area contributed by atoms with Crippen molar-refractivity contribution in [1.82, 2.24) is 5.32 Å². The van der Waals surface area contributed by atoms with Gasteiger partial charge in [0, 0.05) is 23.8 Å². The summed E-state index contributed by atoms with van der Waals surface area (Å²) >= 11 is 6.14. The maximum absolute atomic E-state index is 11.9. The molecule has 3 nitrogen and oxygen atoms in total. The third kappa shape index (κ3) is 2.00. The summed E-state index contributed by atoms with van der Waals surface area (Å²) < 4.78 is 0. The van der Waals surface area contributed by atoms with Crippen molar-refractivity contribution < 1.29 is 4.79 Å². The monoisotopic (exact) mass is 252 g/mol. The van der Waals surface area contributed by atoms with Crippen LogP contribution in [0.1, 0.15) is 19.4 Å². The van der Waals surface area contributed by atoms with Crippen molar-refractivity contribution in [3.63, 3.8) is 0 Å². The van der Waals surface area contributed by atoms with E-state index in [0.29, 0.717) is 6.54 Å². The van der Waals surface area contributed by atoms with Gasteiger partial charge in [0.25, 0.3) is 0 Å². The first kappa shape index (κ1) is 12.2. The molecular formula is C13H17ClN2O. The van der Waals surface area contributed by atoms with Crippen LogP contribution in [0.4, 0.5) is 5.69 Å². The largest absolute Gasteiger partial charge is 0.355 e. The van der Waals surface area contributed by atoms with Crippen LogP contribution in [0.3, 0.4) is 0 Å². The molecule has 0 aromatic heterocycles. The number of carbonyl (C=O) groups is 1. The third-order valence-electron chi connectivity index (χ3n) is 3.38. The number of anilines is 1. The molecule has 1 N–H and O–H groups in total. The van der Waals surface area contributed by atoms with Crippen LogP contribution in [0.15, 0.2) is 18.2 Å². The van der Waals surface area contributed by atoms with Gasteiger partial charge < -0.3 is 10.2 Å². The first-order valence-corrected chi connectivity index (χ1v) is 6.13. The van der Waals surface area contributed by atoms with Crippen molar-refractivity contribution in [2.75, 3.05) is 18.0 Å². The lowest BCUT2D eigenvalue weighted by Gasteiger charge is -2.43. The van der Waals surface area contributed by atoms with Gasteiger partial charge in [0.15, 0.2) is 0 Å². The Hall–Kier alpha value is -1.22. The number of halogens is 1. The number of nitrogens with one attached hydrogen (secondary N) is 1. The molecule has 1 saturated heterocycles. The summed E-state index contributed by atoms with van der Waals surface area (Å²) in [5.41, 5.74) is 1.53. The highest BCUT2D eigenvalue weighted by atomic mass is 35.5. The summed E-state index contributed by atoms with van der Waals surface area (Å²) in [7, 11) is 0. The Morgan fingerprint density at radius 3 is 2.82 bits per heavy atom. The van der Waals surface area contributed by atoms with Crippen molar-refractivity contribution in [3.05, 3.63) is 28.8 Å². The zero-order valence-corrected chi connectivity index (χ0v) is 11.1. The second kappa shape index (κ2) is 4.22. The standard InChI is InChI=1S/C13H17ClN2O/c1-9-10(14)5-4-6-11(9)16-8-7-15-12(17)13(16,2)3/h4-6H,7-8H2,1-3H3,(H,15,17). The molecule has 1 aromatic carbocycles. The van der Waals surface area contributed by atoms with Crippen LogP contribution in [0, 0.1) is 6.92 Å². The van der Waals surface area contributed by atoms with Gasteiger partial charge in [0.1, 0.15) is 5.54 Å². The summed E-state index contributed by atoms with van der Waals surface area (Å²) in [5.74, 6) is 0.0584. The minimum atomic E-state index is -0.534. The number of rotatable bonds is 1. The summed E-state index contributed by atoms with van der Waals surface area (Å²) in [6, 6.07) is 5.81. The van der Waals surface area contributed by atoms with E-state index in [1.54, 1.807) is 0 Å². The molecule has 0 radical (unpaired) electrons. The molecule has 17 heavy (non-hydrogen) atoms. The van der Waals surface area contributed by atoms with Gasteiger partial charge in [-0.25, -0.2) is 0 Å². The molecule has 1 aliphatic heterocycles. The first-order chi connectivity index (χ1) is 7.94. The zero-order valence-electron chi connectivity index (χ0n) is 10.4. The molecule has 1 fully saturated rings. The maximum atomic E-state index is 11.9. The number of amides is 1. The van der Waals surface area contributed by atoms with E-state index in [0.717, 1.165) is 22.8 Å². The normalized spacial score (nSPS) is 19.1. The maximum Gasteiger partial charge on any atom is 0.245 e. The number of carbonyl (C=O) groups excluding carboxylic acids is 1. The topological polar surface area (TPSA) is 32.3 Å². The van der Waals surface area contributed by atoms with Crippen LogP contribution in [0.25, 0.3) is 0 Å². The molecule has 92 valence electrons. The van der Waals surface area contributed by atoms with Crippen molar-refractivity contribution in [2.24, 2.45) is 0 Å². The highest BCUT2D eigenvalue weighted by Crippen LogP contribution is 2.32. The van der Waals surface area contributed by atoms with E-state index in [1.165, 1.54) is 0 Å². The fraction of sp³-hybridized carbons (Fsp3) is 0.462. The fourth-order valence-electron chi connectivity index (χ4n) is 2.21. The van der Waals surface area contributed by atoms with Gasteiger partial charge >= 0.3 is 0 Å². The minimum absolute atomic E-state index is 0.0584. The number of nitrogens with zero attached hydrogens (tertiary/aromatic N) is 1. The van der Waals surface area contributed by atoms with E-state index in [2.05, 4.69) is 10.2 Å². The Bertz CT molecular complexity index is 457. The molecule has 0 saturated carbocycles. The highest BCUT2D eigenvalue weighted by Gasteiger charge is 2.38.